The maximum atomic E-state index is 13.1. The van der Waals surface area contributed by atoms with Crippen molar-refractivity contribution in [3.05, 3.63) is 84.6 Å². The van der Waals surface area contributed by atoms with Crippen LogP contribution in [0.3, 0.4) is 0 Å². The number of nitriles is 1. The van der Waals surface area contributed by atoms with Gasteiger partial charge < -0.3 is 20.7 Å². The van der Waals surface area contributed by atoms with E-state index >= 15 is 0 Å². The number of hydrogen-bond donors (Lipinski definition) is 3. The average molecular weight is 634 g/mol. The van der Waals surface area contributed by atoms with E-state index < -0.39 is 17.8 Å². The first-order valence-corrected chi connectivity index (χ1v) is 14.3. The van der Waals surface area contributed by atoms with Gasteiger partial charge >= 0.3 is 5.97 Å². The Labute approximate surface area is 241 Å². The van der Waals surface area contributed by atoms with Crippen LogP contribution < -0.4 is 16.0 Å². The summed E-state index contributed by atoms with van der Waals surface area (Å²) in [4.78, 5) is 39.2. The van der Waals surface area contributed by atoms with Crippen molar-refractivity contribution >= 4 is 84.8 Å². The second-order valence-corrected chi connectivity index (χ2v) is 10.7. The molecule has 12 heteroatoms. The van der Waals surface area contributed by atoms with Crippen molar-refractivity contribution < 1.29 is 19.1 Å². The van der Waals surface area contributed by atoms with Crippen LogP contribution in [0.2, 0.25) is 5.02 Å². The Bertz CT molecular complexity index is 1430. The lowest BCUT2D eigenvalue weighted by atomic mass is 10.1. The number of benzene rings is 2. The van der Waals surface area contributed by atoms with Gasteiger partial charge in [0.2, 0.25) is 0 Å². The molecule has 0 aliphatic heterocycles. The van der Waals surface area contributed by atoms with E-state index in [0.717, 1.165) is 27.6 Å². The largest absolute Gasteiger partial charge is 0.462 e. The fraction of sp³-hybridized carbons (Fsp3) is 0.154. The van der Waals surface area contributed by atoms with Crippen molar-refractivity contribution in [2.75, 3.05) is 28.8 Å². The zero-order chi connectivity index (χ0) is 27.8. The van der Waals surface area contributed by atoms with Crippen molar-refractivity contribution in [2.45, 2.75) is 13.8 Å². The zero-order valence-corrected chi connectivity index (χ0v) is 24.5. The van der Waals surface area contributed by atoms with Crippen LogP contribution in [0, 0.1) is 18.3 Å². The highest BCUT2D eigenvalue weighted by Crippen LogP contribution is 2.37. The summed E-state index contributed by atoms with van der Waals surface area (Å²) in [6, 6.07) is 15.4. The number of hydrogen-bond acceptors (Lipinski definition) is 8. The van der Waals surface area contributed by atoms with Crippen molar-refractivity contribution in [1.29, 1.82) is 5.26 Å². The Balaban J connectivity index is 1.98. The number of nitrogens with one attached hydrogen (secondary N) is 3. The average Bonchev–Trinajstić information content (AvgIpc) is 3.22. The van der Waals surface area contributed by atoms with E-state index in [4.69, 9.17) is 16.3 Å². The van der Waals surface area contributed by atoms with E-state index in [9.17, 15) is 19.6 Å². The van der Waals surface area contributed by atoms with Gasteiger partial charge in [-0.3, -0.25) is 9.59 Å². The van der Waals surface area contributed by atoms with Crippen LogP contribution in [0.25, 0.3) is 0 Å². The third-order valence-corrected chi connectivity index (χ3v) is 7.73. The van der Waals surface area contributed by atoms with E-state index in [1.165, 1.54) is 0 Å². The first-order chi connectivity index (χ1) is 18.2. The molecule has 0 spiro atoms. The molecule has 2 amide bonds. The van der Waals surface area contributed by atoms with Crippen molar-refractivity contribution in [3.8, 4) is 6.07 Å². The number of halogens is 2. The Morgan fingerprint density at radius 3 is 2.24 bits per heavy atom. The molecule has 0 aliphatic rings. The van der Waals surface area contributed by atoms with Crippen LogP contribution in [0.5, 0.6) is 0 Å². The highest BCUT2D eigenvalue weighted by molar-refractivity contribution is 9.10. The number of anilines is 3. The molecule has 0 aliphatic carbocycles. The van der Waals surface area contributed by atoms with Crippen molar-refractivity contribution in [1.82, 2.24) is 0 Å². The molecule has 2 aromatic carbocycles. The van der Waals surface area contributed by atoms with Gasteiger partial charge in [-0.15, -0.1) is 23.1 Å². The molecule has 0 atom stereocenters. The van der Waals surface area contributed by atoms with Gasteiger partial charge in [0.25, 0.3) is 11.8 Å². The molecule has 0 unspecified atom stereocenters. The molecule has 8 nitrogen and oxygen atoms in total. The second-order valence-electron chi connectivity index (χ2n) is 7.55. The predicted octanol–water partition coefficient (Wildman–Crippen LogP) is 7.05. The van der Waals surface area contributed by atoms with E-state index in [0.29, 0.717) is 22.0 Å². The third-order valence-electron chi connectivity index (χ3n) is 5.03. The highest BCUT2D eigenvalue weighted by atomic mass is 79.9. The Hall–Kier alpha value is -3.30. The minimum Gasteiger partial charge on any atom is -0.462 e. The molecule has 196 valence electrons. The lowest BCUT2D eigenvalue weighted by Gasteiger charge is -2.12. The lowest BCUT2D eigenvalue weighted by Crippen LogP contribution is -2.17. The van der Waals surface area contributed by atoms with Crippen LogP contribution >= 0.6 is 50.6 Å². The molecule has 3 aromatic rings. The SMILES string of the molecule is CCOC(=O)c1c(N/C(SC)=C(/C#N)C(=O)Nc2ccc(Br)cc2)sc(C(=O)Nc2ccc(Cl)cc2)c1C. The number of carbonyl (C=O) groups is 3. The smallest absolute Gasteiger partial charge is 0.341 e. The number of rotatable bonds is 9. The standard InChI is InChI=1S/C26H22BrClN4O4S2/c1-4-36-26(35)20-14(2)21(23(34)31-18-11-7-16(28)8-12-18)38-25(20)32-24(37-3)19(13-29)22(33)30-17-9-5-15(27)6-10-17/h5-12,32H,4H2,1-3H3,(H,30,33)(H,31,34)/b24-19+. The Morgan fingerprint density at radius 1 is 1.05 bits per heavy atom. The van der Waals surface area contributed by atoms with E-state index in [-0.39, 0.29) is 32.7 Å². The van der Waals surface area contributed by atoms with Gasteiger partial charge in [-0.2, -0.15) is 5.26 Å². The number of thioether (sulfide) groups is 1. The van der Waals surface area contributed by atoms with Crippen LogP contribution in [-0.4, -0.2) is 30.6 Å². The summed E-state index contributed by atoms with van der Waals surface area (Å²) < 4.78 is 6.06. The topological polar surface area (TPSA) is 120 Å². The monoisotopic (exact) mass is 632 g/mol. The molecule has 3 rings (SSSR count). The van der Waals surface area contributed by atoms with Crippen molar-refractivity contribution in [2.24, 2.45) is 0 Å². The summed E-state index contributed by atoms with van der Waals surface area (Å²) in [6.07, 6.45) is 1.69. The molecule has 0 radical (unpaired) electrons. The summed E-state index contributed by atoms with van der Waals surface area (Å²) >= 11 is 11.4. The molecule has 38 heavy (non-hydrogen) atoms. The molecule has 0 saturated heterocycles. The summed E-state index contributed by atoms with van der Waals surface area (Å²) in [6.45, 7) is 3.44. The third kappa shape index (κ3) is 7.17. The maximum Gasteiger partial charge on any atom is 0.341 e. The Morgan fingerprint density at radius 2 is 1.66 bits per heavy atom. The van der Waals surface area contributed by atoms with E-state index in [1.54, 1.807) is 68.6 Å². The van der Waals surface area contributed by atoms with Crippen LogP contribution in [-0.2, 0) is 9.53 Å². The summed E-state index contributed by atoms with van der Waals surface area (Å²) in [5.74, 6) is -1.69. The first-order valence-electron chi connectivity index (χ1n) is 11.1. The van der Waals surface area contributed by atoms with Crippen LogP contribution in [0.4, 0.5) is 16.4 Å². The quantitative estimate of drug-likeness (QED) is 0.131. The molecule has 1 aromatic heterocycles. The maximum absolute atomic E-state index is 13.1. The molecule has 1 heterocycles. The van der Waals surface area contributed by atoms with Crippen LogP contribution in [0.1, 0.15) is 32.5 Å². The fourth-order valence-electron chi connectivity index (χ4n) is 3.24. The highest BCUT2D eigenvalue weighted by Gasteiger charge is 2.27. The predicted molar refractivity (Wildman–Crippen MR) is 157 cm³/mol. The van der Waals surface area contributed by atoms with Gasteiger partial charge in [0.15, 0.2) is 0 Å². The number of nitrogens with zero attached hydrogens (tertiary/aromatic N) is 1. The molecule has 0 bridgehead atoms. The lowest BCUT2D eigenvalue weighted by molar-refractivity contribution is -0.112. The summed E-state index contributed by atoms with van der Waals surface area (Å²) in [5.41, 5.74) is 1.40. The molecular formula is C26H22BrClN4O4S2. The van der Waals surface area contributed by atoms with Gasteiger partial charge in [0.1, 0.15) is 16.6 Å². The van der Waals surface area contributed by atoms with Gasteiger partial charge in [-0.25, -0.2) is 4.79 Å². The second kappa shape index (κ2) is 13.5. The number of esters is 1. The Kier molecular flexibility index (Phi) is 10.4. The molecular weight excluding hydrogens is 612 g/mol. The summed E-state index contributed by atoms with van der Waals surface area (Å²) in [7, 11) is 0. The minimum atomic E-state index is -0.632. The molecule has 3 N–H and O–H groups in total. The molecule has 0 saturated carbocycles. The zero-order valence-electron chi connectivity index (χ0n) is 20.5. The fourth-order valence-corrected chi connectivity index (χ4v) is 5.33. The van der Waals surface area contributed by atoms with Crippen LogP contribution in [0.15, 0.2) is 63.6 Å². The van der Waals surface area contributed by atoms with Gasteiger partial charge in [-0.1, -0.05) is 27.5 Å². The number of carbonyl (C=O) groups excluding carboxylic acids is 3. The van der Waals surface area contributed by atoms with Gasteiger partial charge in [0, 0.05) is 20.9 Å². The first kappa shape index (κ1) is 29.3. The minimum absolute atomic E-state index is 0.129. The number of ether oxygens (including phenoxy) is 1. The van der Waals surface area contributed by atoms with Gasteiger partial charge in [-0.05, 0) is 74.2 Å². The number of amides is 2. The molecule has 0 fully saturated rings. The van der Waals surface area contributed by atoms with Gasteiger partial charge in [0.05, 0.1) is 22.1 Å². The van der Waals surface area contributed by atoms with Crippen molar-refractivity contribution in [3.63, 3.8) is 0 Å². The number of thiophene rings is 1. The van der Waals surface area contributed by atoms with E-state index in [1.807, 2.05) is 6.07 Å². The van der Waals surface area contributed by atoms with E-state index in [2.05, 4.69) is 31.9 Å². The summed E-state index contributed by atoms with van der Waals surface area (Å²) in [5, 5.41) is 19.3. The normalized spacial score (nSPS) is 11.2.